The molecule has 6 nitrogen and oxygen atoms in total. The summed E-state index contributed by atoms with van der Waals surface area (Å²) < 4.78 is 10.3. The van der Waals surface area contributed by atoms with Gasteiger partial charge in [-0.25, -0.2) is 4.79 Å². The van der Waals surface area contributed by atoms with E-state index in [0.29, 0.717) is 17.9 Å². The fraction of sp³-hybridized carbons (Fsp3) is 0.529. The van der Waals surface area contributed by atoms with Crippen molar-refractivity contribution in [3.8, 4) is 5.75 Å². The minimum absolute atomic E-state index is 0.137. The number of rotatable bonds is 5. The highest BCUT2D eigenvalue weighted by Crippen LogP contribution is 2.14. The van der Waals surface area contributed by atoms with Gasteiger partial charge in [0.25, 0.3) is 5.91 Å². The number of hydrogen-bond acceptors (Lipinski definition) is 4. The lowest BCUT2D eigenvalue weighted by molar-refractivity contribution is 0.0491. The number of methoxy groups -OCH3 is 1. The summed E-state index contributed by atoms with van der Waals surface area (Å²) in [5.74, 6) is 0.492. The quantitative estimate of drug-likeness (QED) is 0.905. The van der Waals surface area contributed by atoms with Crippen LogP contribution in [0.1, 0.15) is 38.1 Å². The van der Waals surface area contributed by atoms with Gasteiger partial charge in [-0.05, 0) is 45.9 Å². The standard InChI is InChI=1S/C17H26N2O4/c1-12(18-16(21)23-17(2,3)4)11-19(5)15(20)13-8-7-9-14(10-13)22-6/h7-10,12H,11H2,1-6H3,(H,18,21)/t12-/m1/s1. The van der Waals surface area contributed by atoms with Crippen LogP contribution < -0.4 is 10.1 Å². The number of carbonyl (C=O) groups is 2. The predicted molar refractivity (Wildman–Crippen MR) is 88.8 cm³/mol. The summed E-state index contributed by atoms with van der Waals surface area (Å²) in [5.41, 5.74) is -0.0112. The average molecular weight is 322 g/mol. The van der Waals surface area contributed by atoms with Gasteiger partial charge >= 0.3 is 6.09 Å². The van der Waals surface area contributed by atoms with E-state index in [9.17, 15) is 9.59 Å². The first-order valence-electron chi connectivity index (χ1n) is 7.51. The summed E-state index contributed by atoms with van der Waals surface area (Å²) in [6, 6.07) is 6.73. The Morgan fingerprint density at radius 2 is 1.96 bits per heavy atom. The monoisotopic (exact) mass is 322 g/mol. The van der Waals surface area contributed by atoms with Crippen LogP contribution in [0, 0.1) is 0 Å². The van der Waals surface area contributed by atoms with Crippen molar-refractivity contribution < 1.29 is 19.1 Å². The third kappa shape index (κ3) is 6.59. The minimum Gasteiger partial charge on any atom is -0.497 e. The summed E-state index contributed by atoms with van der Waals surface area (Å²) in [4.78, 5) is 25.7. The van der Waals surface area contributed by atoms with E-state index >= 15 is 0 Å². The molecule has 0 saturated carbocycles. The number of likely N-dealkylation sites (N-methyl/N-ethyl adjacent to an activating group) is 1. The Kier molecular flexibility index (Phi) is 6.42. The highest BCUT2D eigenvalue weighted by molar-refractivity contribution is 5.94. The van der Waals surface area contributed by atoms with Crippen LogP contribution >= 0.6 is 0 Å². The number of ether oxygens (including phenoxy) is 2. The molecule has 23 heavy (non-hydrogen) atoms. The topological polar surface area (TPSA) is 67.9 Å². The molecule has 1 rings (SSSR count). The van der Waals surface area contributed by atoms with Gasteiger partial charge in [0, 0.05) is 25.2 Å². The van der Waals surface area contributed by atoms with Gasteiger partial charge in [0.1, 0.15) is 11.4 Å². The van der Waals surface area contributed by atoms with Crippen LogP contribution in [0.25, 0.3) is 0 Å². The summed E-state index contributed by atoms with van der Waals surface area (Å²) in [6.07, 6.45) is -0.493. The molecule has 0 aliphatic rings. The van der Waals surface area contributed by atoms with Gasteiger partial charge in [-0.15, -0.1) is 0 Å². The number of carbonyl (C=O) groups excluding carboxylic acids is 2. The molecule has 1 N–H and O–H groups in total. The van der Waals surface area contributed by atoms with Crippen molar-refractivity contribution in [2.75, 3.05) is 20.7 Å². The second kappa shape index (κ2) is 7.85. The molecular weight excluding hydrogens is 296 g/mol. The maximum absolute atomic E-state index is 12.4. The van der Waals surface area contributed by atoms with Crippen LogP contribution in [0.5, 0.6) is 5.75 Å². The first-order valence-corrected chi connectivity index (χ1v) is 7.51. The molecule has 2 amide bonds. The molecule has 0 aromatic heterocycles. The van der Waals surface area contributed by atoms with E-state index < -0.39 is 11.7 Å². The zero-order chi connectivity index (χ0) is 17.6. The maximum atomic E-state index is 12.4. The van der Waals surface area contributed by atoms with Crippen LogP contribution in [0.4, 0.5) is 4.79 Å². The molecule has 128 valence electrons. The van der Waals surface area contributed by atoms with Crippen LogP contribution in [0.2, 0.25) is 0 Å². The van der Waals surface area contributed by atoms with Crippen LogP contribution in [0.3, 0.4) is 0 Å². The van der Waals surface area contributed by atoms with Crippen LogP contribution in [-0.4, -0.2) is 49.2 Å². The molecule has 0 radical (unpaired) electrons. The number of alkyl carbamates (subject to hydrolysis) is 1. The van der Waals surface area contributed by atoms with E-state index in [-0.39, 0.29) is 11.9 Å². The lowest BCUT2D eigenvalue weighted by Gasteiger charge is -2.25. The highest BCUT2D eigenvalue weighted by atomic mass is 16.6. The molecule has 0 bridgehead atoms. The molecule has 6 heteroatoms. The van der Waals surface area contributed by atoms with Gasteiger partial charge in [-0.3, -0.25) is 4.79 Å². The Hall–Kier alpha value is -2.24. The van der Waals surface area contributed by atoms with E-state index in [1.165, 1.54) is 0 Å². The molecule has 0 aliphatic heterocycles. The van der Waals surface area contributed by atoms with Gasteiger partial charge in [-0.1, -0.05) is 6.07 Å². The number of nitrogens with zero attached hydrogens (tertiary/aromatic N) is 1. The van der Waals surface area contributed by atoms with E-state index in [4.69, 9.17) is 9.47 Å². The SMILES string of the molecule is COc1cccc(C(=O)N(C)C[C@@H](C)NC(=O)OC(C)(C)C)c1. The predicted octanol–water partition coefficient (Wildman–Crippen LogP) is 2.68. The molecule has 0 spiro atoms. The molecular formula is C17H26N2O4. The van der Waals surface area contributed by atoms with Gasteiger partial charge in [0.15, 0.2) is 0 Å². The summed E-state index contributed by atoms with van der Waals surface area (Å²) in [7, 11) is 3.25. The van der Waals surface area contributed by atoms with Gasteiger partial charge in [-0.2, -0.15) is 0 Å². The summed E-state index contributed by atoms with van der Waals surface area (Å²) in [6.45, 7) is 7.59. The Morgan fingerprint density at radius 1 is 1.30 bits per heavy atom. The van der Waals surface area contributed by atoms with E-state index in [0.717, 1.165) is 0 Å². The van der Waals surface area contributed by atoms with E-state index in [1.807, 2.05) is 6.92 Å². The largest absolute Gasteiger partial charge is 0.497 e. The maximum Gasteiger partial charge on any atom is 0.407 e. The third-order valence-corrected chi connectivity index (χ3v) is 2.97. The summed E-state index contributed by atoms with van der Waals surface area (Å²) in [5, 5.41) is 2.72. The minimum atomic E-state index is -0.549. The molecule has 0 unspecified atom stereocenters. The smallest absolute Gasteiger partial charge is 0.407 e. The third-order valence-electron chi connectivity index (χ3n) is 2.97. The molecule has 0 aliphatic carbocycles. The Balaban J connectivity index is 2.58. The van der Waals surface area contributed by atoms with E-state index in [1.54, 1.807) is 64.1 Å². The molecule has 1 aromatic rings. The zero-order valence-corrected chi connectivity index (χ0v) is 14.7. The van der Waals surface area contributed by atoms with Gasteiger partial charge < -0.3 is 19.7 Å². The molecule has 0 saturated heterocycles. The van der Waals surface area contributed by atoms with Crippen molar-refractivity contribution in [1.82, 2.24) is 10.2 Å². The average Bonchev–Trinajstić information content (AvgIpc) is 2.44. The lowest BCUT2D eigenvalue weighted by atomic mass is 10.2. The number of amides is 2. The lowest BCUT2D eigenvalue weighted by Crippen LogP contribution is -2.44. The second-order valence-electron chi connectivity index (χ2n) is 6.46. The van der Waals surface area contributed by atoms with Crippen LogP contribution in [-0.2, 0) is 4.74 Å². The fourth-order valence-electron chi connectivity index (χ4n) is 2.02. The number of nitrogens with one attached hydrogen (secondary N) is 1. The molecule has 0 fully saturated rings. The highest BCUT2D eigenvalue weighted by Gasteiger charge is 2.20. The Bertz CT molecular complexity index is 552. The number of benzene rings is 1. The van der Waals surface area contributed by atoms with Gasteiger partial charge in [0.05, 0.1) is 7.11 Å². The molecule has 0 heterocycles. The van der Waals surface area contributed by atoms with Crippen molar-refractivity contribution in [2.45, 2.75) is 39.3 Å². The van der Waals surface area contributed by atoms with E-state index in [2.05, 4.69) is 5.32 Å². The second-order valence-corrected chi connectivity index (χ2v) is 6.46. The van der Waals surface area contributed by atoms with Gasteiger partial charge in [0.2, 0.25) is 0 Å². The molecule has 1 aromatic carbocycles. The van der Waals surface area contributed by atoms with Crippen molar-refractivity contribution in [3.05, 3.63) is 29.8 Å². The van der Waals surface area contributed by atoms with Crippen molar-refractivity contribution in [2.24, 2.45) is 0 Å². The first kappa shape index (κ1) is 18.8. The Morgan fingerprint density at radius 3 is 2.52 bits per heavy atom. The summed E-state index contributed by atoms with van der Waals surface area (Å²) >= 11 is 0. The fourth-order valence-corrected chi connectivity index (χ4v) is 2.02. The normalized spacial score (nSPS) is 12.3. The molecule has 1 atom stereocenters. The van der Waals surface area contributed by atoms with Crippen molar-refractivity contribution in [1.29, 1.82) is 0 Å². The first-order chi connectivity index (χ1) is 10.6. The van der Waals surface area contributed by atoms with Crippen LogP contribution in [0.15, 0.2) is 24.3 Å². The van der Waals surface area contributed by atoms with Crippen molar-refractivity contribution >= 4 is 12.0 Å². The zero-order valence-electron chi connectivity index (χ0n) is 14.7. The Labute approximate surface area is 137 Å². The number of hydrogen-bond donors (Lipinski definition) is 1. The van der Waals surface area contributed by atoms with Crippen molar-refractivity contribution in [3.63, 3.8) is 0 Å².